The highest BCUT2D eigenvalue weighted by molar-refractivity contribution is 7.11. The van der Waals surface area contributed by atoms with Crippen molar-refractivity contribution in [3.05, 3.63) is 75.9 Å². The van der Waals surface area contributed by atoms with Crippen molar-refractivity contribution in [1.29, 1.82) is 5.26 Å². The highest BCUT2D eigenvalue weighted by atomic mass is 32.1. The summed E-state index contributed by atoms with van der Waals surface area (Å²) in [5.74, 6) is -0.295. The Morgan fingerprint density at radius 2 is 1.83 bits per heavy atom. The Morgan fingerprint density at radius 3 is 2.48 bits per heavy atom. The van der Waals surface area contributed by atoms with Gasteiger partial charge in [0.15, 0.2) is 0 Å². The first-order chi connectivity index (χ1) is 11.2. The lowest BCUT2D eigenvalue weighted by Gasteiger charge is -1.98. The average Bonchev–Trinajstić information content (AvgIpc) is 3.05. The Bertz CT molecular complexity index is 884. The monoisotopic (exact) mass is 320 g/mol. The summed E-state index contributed by atoms with van der Waals surface area (Å²) in [5, 5.41) is 12.0. The minimum absolute atomic E-state index is 0.295. The summed E-state index contributed by atoms with van der Waals surface area (Å²) in [5.41, 5.74) is 4.32. The second kappa shape index (κ2) is 6.55. The molecule has 0 saturated carbocycles. The molecular weight excluding hydrogens is 307 g/mol. The minimum atomic E-state index is -0.295. The zero-order chi connectivity index (χ0) is 16.2. The molecule has 0 atom stereocenters. The fraction of sp³-hybridized carbons (Fsp3) is 0.0526. The molecule has 23 heavy (non-hydrogen) atoms. The average molecular weight is 320 g/mol. The lowest BCUT2D eigenvalue weighted by Crippen LogP contribution is -1.83. The van der Waals surface area contributed by atoms with Crippen molar-refractivity contribution in [2.75, 3.05) is 0 Å². The lowest BCUT2D eigenvalue weighted by atomic mass is 10.1. The van der Waals surface area contributed by atoms with Crippen molar-refractivity contribution in [2.24, 2.45) is 0 Å². The molecule has 2 aromatic carbocycles. The van der Waals surface area contributed by atoms with Gasteiger partial charge >= 0.3 is 0 Å². The molecule has 3 rings (SSSR count). The minimum Gasteiger partial charge on any atom is -0.235 e. The molecule has 0 aliphatic carbocycles. The van der Waals surface area contributed by atoms with Crippen LogP contribution in [0.1, 0.15) is 16.1 Å². The molecule has 0 aliphatic rings. The molecule has 1 aromatic heterocycles. The van der Waals surface area contributed by atoms with Crippen molar-refractivity contribution < 1.29 is 4.39 Å². The Morgan fingerprint density at radius 1 is 1.13 bits per heavy atom. The number of hydrogen-bond acceptors (Lipinski definition) is 3. The maximum atomic E-state index is 13.0. The van der Waals surface area contributed by atoms with Crippen molar-refractivity contribution in [3.63, 3.8) is 0 Å². The van der Waals surface area contributed by atoms with E-state index in [0.29, 0.717) is 10.6 Å². The second-order valence-corrected chi connectivity index (χ2v) is 5.98. The fourth-order valence-corrected chi connectivity index (χ4v) is 2.92. The van der Waals surface area contributed by atoms with Gasteiger partial charge in [0.05, 0.1) is 11.3 Å². The quantitative estimate of drug-likeness (QED) is 0.612. The van der Waals surface area contributed by atoms with Gasteiger partial charge in [0, 0.05) is 10.9 Å². The topological polar surface area (TPSA) is 36.7 Å². The SMILES string of the molecule is Cc1ccc(-c2csc(/C(C#N)=C\c3ccc(F)cc3)n2)cc1. The van der Waals surface area contributed by atoms with Gasteiger partial charge in [-0.2, -0.15) is 5.26 Å². The first-order valence-corrected chi connectivity index (χ1v) is 7.94. The largest absolute Gasteiger partial charge is 0.235 e. The van der Waals surface area contributed by atoms with Gasteiger partial charge in [-0.1, -0.05) is 42.0 Å². The number of thiazole rings is 1. The summed E-state index contributed by atoms with van der Waals surface area (Å²) in [7, 11) is 0. The van der Waals surface area contributed by atoms with Crippen LogP contribution in [0.3, 0.4) is 0 Å². The first-order valence-electron chi connectivity index (χ1n) is 7.06. The zero-order valence-corrected chi connectivity index (χ0v) is 13.3. The first kappa shape index (κ1) is 15.1. The molecule has 0 saturated heterocycles. The highest BCUT2D eigenvalue weighted by Crippen LogP contribution is 2.27. The van der Waals surface area contributed by atoms with Gasteiger partial charge in [-0.25, -0.2) is 9.37 Å². The van der Waals surface area contributed by atoms with E-state index in [9.17, 15) is 9.65 Å². The van der Waals surface area contributed by atoms with E-state index < -0.39 is 0 Å². The molecule has 0 fully saturated rings. The van der Waals surface area contributed by atoms with Gasteiger partial charge in [0.25, 0.3) is 0 Å². The van der Waals surface area contributed by atoms with E-state index in [4.69, 9.17) is 0 Å². The molecule has 0 spiro atoms. The summed E-state index contributed by atoms with van der Waals surface area (Å²) >= 11 is 1.43. The zero-order valence-electron chi connectivity index (χ0n) is 12.5. The maximum Gasteiger partial charge on any atom is 0.134 e. The molecule has 4 heteroatoms. The Kier molecular flexibility index (Phi) is 4.31. The van der Waals surface area contributed by atoms with E-state index in [2.05, 4.69) is 11.1 Å². The molecular formula is C19H13FN2S. The van der Waals surface area contributed by atoms with Gasteiger partial charge in [-0.05, 0) is 30.7 Å². The summed E-state index contributed by atoms with van der Waals surface area (Å²) in [6.45, 7) is 2.04. The summed E-state index contributed by atoms with van der Waals surface area (Å²) in [4.78, 5) is 4.55. The van der Waals surface area contributed by atoms with E-state index in [1.807, 2.05) is 36.6 Å². The van der Waals surface area contributed by atoms with E-state index in [-0.39, 0.29) is 5.82 Å². The number of aromatic nitrogens is 1. The molecule has 0 aliphatic heterocycles. The van der Waals surface area contributed by atoms with Crippen molar-refractivity contribution >= 4 is 23.0 Å². The number of allylic oxidation sites excluding steroid dienone is 1. The van der Waals surface area contributed by atoms with Crippen molar-refractivity contribution in [3.8, 4) is 17.3 Å². The van der Waals surface area contributed by atoms with Gasteiger partial charge in [-0.3, -0.25) is 0 Å². The molecule has 112 valence electrons. The maximum absolute atomic E-state index is 13.0. The fourth-order valence-electron chi connectivity index (χ4n) is 2.12. The van der Waals surface area contributed by atoms with Crippen LogP contribution in [0.2, 0.25) is 0 Å². The molecule has 1 heterocycles. The molecule has 0 unspecified atom stereocenters. The van der Waals surface area contributed by atoms with Gasteiger partial charge in [0.2, 0.25) is 0 Å². The number of hydrogen-bond donors (Lipinski definition) is 0. The van der Waals surface area contributed by atoms with Crippen LogP contribution < -0.4 is 0 Å². The third-order valence-electron chi connectivity index (χ3n) is 3.38. The Balaban J connectivity index is 1.92. The molecule has 3 aromatic rings. The smallest absolute Gasteiger partial charge is 0.134 e. The lowest BCUT2D eigenvalue weighted by molar-refractivity contribution is 0.628. The van der Waals surface area contributed by atoms with Crippen LogP contribution in [0.4, 0.5) is 4.39 Å². The van der Waals surface area contributed by atoms with Crippen LogP contribution >= 0.6 is 11.3 Å². The third-order valence-corrected chi connectivity index (χ3v) is 4.26. The van der Waals surface area contributed by atoms with Crippen LogP contribution in [-0.2, 0) is 0 Å². The van der Waals surface area contributed by atoms with Crippen molar-refractivity contribution in [1.82, 2.24) is 4.98 Å². The summed E-state index contributed by atoms with van der Waals surface area (Å²) in [6.07, 6.45) is 1.72. The number of aryl methyl sites for hydroxylation is 1. The molecule has 0 radical (unpaired) electrons. The Hall–Kier alpha value is -2.77. The van der Waals surface area contributed by atoms with Gasteiger partial charge in [0.1, 0.15) is 16.9 Å². The van der Waals surface area contributed by atoms with E-state index in [0.717, 1.165) is 16.8 Å². The molecule has 2 nitrogen and oxygen atoms in total. The van der Waals surface area contributed by atoms with Crippen LogP contribution in [0.5, 0.6) is 0 Å². The Labute approximate surface area is 138 Å². The number of nitrogens with zero attached hydrogens (tertiary/aromatic N) is 2. The van der Waals surface area contributed by atoms with Crippen LogP contribution in [-0.4, -0.2) is 4.98 Å². The molecule has 0 amide bonds. The normalized spacial score (nSPS) is 11.3. The summed E-state index contributed by atoms with van der Waals surface area (Å²) in [6, 6.07) is 16.3. The van der Waals surface area contributed by atoms with Crippen molar-refractivity contribution in [2.45, 2.75) is 6.92 Å². The van der Waals surface area contributed by atoms with Crippen LogP contribution in [0.25, 0.3) is 22.9 Å². The van der Waals surface area contributed by atoms with E-state index >= 15 is 0 Å². The second-order valence-electron chi connectivity index (χ2n) is 5.13. The number of benzene rings is 2. The van der Waals surface area contributed by atoms with E-state index in [1.165, 1.54) is 29.0 Å². The standard InChI is InChI=1S/C19H13FN2S/c1-13-2-6-15(7-3-13)18-12-23-19(22-18)16(11-21)10-14-4-8-17(20)9-5-14/h2-10,12H,1H3/b16-10-. The van der Waals surface area contributed by atoms with E-state index in [1.54, 1.807) is 18.2 Å². The van der Waals surface area contributed by atoms with Crippen LogP contribution in [0.15, 0.2) is 53.9 Å². The van der Waals surface area contributed by atoms with Crippen LogP contribution in [0, 0.1) is 24.1 Å². The third kappa shape index (κ3) is 3.53. The highest BCUT2D eigenvalue weighted by Gasteiger charge is 2.09. The van der Waals surface area contributed by atoms with Gasteiger partial charge in [-0.15, -0.1) is 11.3 Å². The number of halogens is 1. The van der Waals surface area contributed by atoms with Gasteiger partial charge < -0.3 is 0 Å². The summed E-state index contributed by atoms with van der Waals surface area (Å²) < 4.78 is 13.0. The number of rotatable bonds is 3. The molecule has 0 N–H and O–H groups in total. The molecule has 0 bridgehead atoms. The predicted octanol–water partition coefficient (Wildman–Crippen LogP) is 5.32. The number of nitriles is 1. The predicted molar refractivity (Wildman–Crippen MR) is 92.2 cm³/mol.